The summed E-state index contributed by atoms with van der Waals surface area (Å²) in [6.07, 6.45) is 1.88. The number of nitrogens with one attached hydrogen (secondary N) is 1. The summed E-state index contributed by atoms with van der Waals surface area (Å²) in [4.78, 5) is 2.36. The number of benzene rings is 1. The Labute approximate surface area is 126 Å². The summed E-state index contributed by atoms with van der Waals surface area (Å²) in [6, 6.07) is 7.69. The first-order valence-corrected chi connectivity index (χ1v) is 7.38. The first-order chi connectivity index (χ1) is 10.0. The van der Waals surface area contributed by atoms with Crippen molar-refractivity contribution in [3.63, 3.8) is 0 Å². The number of piperidine rings is 1. The predicted molar refractivity (Wildman–Crippen MR) is 84.2 cm³/mol. The van der Waals surface area contributed by atoms with Crippen LogP contribution in [0, 0.1) is 10.8 Å². The van der Waals surface area contributed by atoms with Crippen molar-refractivity contribution in [2.24, 2.45) is 11.1 Å². The van der Waals surface area contributed by atoms with E-state index in [-0.39, 0.29) is 5.41 Å². The molecule has 0 atom stereocenters. The molecule has 0 aliphatic carbocycles. The number of hydrogen-bond acceptors (Lipinski definition) is 4. The molecule has 116 valence electrons. The van der Waals surface area contributed by atoms with Crippen molar-refractivity contribution in [3.8, 4) is 11.5 Å². The maximum absolute atomic E-state index is 7.67. The molecule has 0 saturated carbocycles. The molecule has 1 aromatic rings. The van der Waals surface area contributed by atoms with E-state index in [9.17, 15) is 0 Å². The second-order valence-corrected chi connectivity index (χ2v) is 5.82. The summed E-state index contributed by atoms with van der Waals surface area (Å²) < 4.78 is 11.1. The lowest BCUT2D eigenvalue weighted by atomic mass is 9.79. The minimum Gasteiger partial charge on any atom is -0.493 e. The van der Waals surface area contributed by atoms with Crippen LogP contribution in [0.25, 0.3) is 0 Å². The molecule has 1 aliphatic rings. The van der Waals surface area contributed by atoms with Crippen molar-refractivity contribution in [1.82, 2.24) is 4.90 Å². The third kappa shape index (κ3) is 3.88. The Bertz CT molecular complexity index is 482. The number of likely N-dealkylation sites (tertiary alicyclic amines) is 1. The molecular formula is C16H25N3O2. The van der Waals surface area contributed by atoms with Crippen LogP contribution in [0.15, 0.2) is 24.3 Å². The highest BCUT2D eigenvalue weighted by molar-refractivity contribution is 5.83. The number of rotatable bonds is 6. The summed E-state index contributed by atoms with van der Waals surface area (Å²) in [5.41, 5.74) is 5.56. The third-order valence-electron chi connectivity index (χ3n) is 4.34. The van der Waals surface area contributed by atoms with Crippen LogP contribution >= 0.6 is 0 Å². The lowest BCUT2D eigenvalue weighted by molar-refractivity contribution is 0.138. The first-order valence-electron chi connectivity index (χ1n) is 7.38. The number of methoxy groups -OCH3 is 1. The molecule has 1 fully saturated rings. The second kappa shape index (κ2) is 6.80. The number of para-hydroxylation sites is 2. The van der Waals surface area contributed by atoms with Crippen LogP contribution in [0.4, 0.5) is 0 Å². The van der Waals surface area contributed by atoms with Gasteiger partial charge in [-0.3, -0.25) is 10.3 Å². The zero-order valence-electron chi connectivity index (χ0n) is 12.9. The van der Waals surface area contributed by atoms with Crippen LogP contribution in [0.5, 0.6) is 11.5 Å². The molecule has 0 bridgehead atoms. The van der Waals surface area contributed by atoms with Crippen molar-refractivity contribution < 1.29 is 9.47 Å². The maximum Gasteiger partial charge on any atom is 0.161 e. The van der Waals surface area contributed by atoms with E-state index in [4.69, 9.17) is 20.6 Å². The van der Waals surface area contributed by atoms with E-state index in [1.54, 1.807) is 7.11 Å². The Balaban J connectivity index is 1.77. The highest BCUT2D eigenvalue weighted by Crippen LogP contribution is 2.30. The largest absolute Gasteiger partial charge is 0.493 e. The molecule has 0 amide bonds. The standard InChI is InChI=1S/C16H25N3O2/c1-16(15(17)18)7-9-19(10-8-16)11-12-21-14-6-4-3-5-13(14)20-2/h3-6H,7-12H2,1-2H3,(H3,17,18). The van der Waals surface area contributed by atoms with Crippen molar-refractivity contribution in [1.29, 1.82) is 5.41 Å². The lowest BCUT2D eigenvalue weighted by Gasteiger charge is -2.38. The smallest absolute Gasteiger partial charge is 0.161 e. The SMILES string of the molecule is COc1ccccc1OCCN1CCC(C)(C(=N)N)CC1. The van der Waals surface area contributed by atoms with Crippen molar-refractivity contribution in [3.05, 3.63) is 24.3 Å². The van der Waals surface area contributed by atoms with Crippen molar-refractivity contribution in [2.75, 3.05) is 33.4 Å². The van der Waals surface area contributed by atoms with Gasteiger partial charge in [-0.15, -0.1) is 0 Å². The Hall–Kier alpha value is -1.75. The highest BCUT2D eigenvalue weighted by atomic mass is 16.5. The van der Waals surface area contributed by atoms with Crippen LogP contribution in [0.2, 0.25) is 0 Å². The predicted octanol–water partition coefficient (Wildman–Crippen LogP) is 2.11. The minimum atomic E-state index is -0.125. The lowest BCUT2D eigenvalue weighted by Crippen LogP contribution is -2.46. The number of hydrogen-bond donors (Lipinski definition) is 2. The molecule has 5 heteroatoms. The molecule has 0 spiro atoms. The van der Waals surface area contributed by atoms with Gasteiger partial charge in [0.25, 0.3) is 0 Å². The zero-order chi connectivity index (χ0) is 15.3. The van der Waals surface area contributed by atoms with Gasteiger partial charge < -0.3 is 15.2 Å². The van der Waals surface area contributed by atoms with Crippen LogP contribution in [0.1, 0.15) is 19.8 Å². The Morgan fingerprint density at radius 2 is 1.90 bits per heavy atom. The quantitative estimate of drug-likeness (QED) is 0.622. The topological polar surface area (TPSA) is 71.6 Å². The molecule has 0 aromatic heterocycles. The molecule has 2 rings (SSSR count). The second-order valence-electron chi connectivity index (χ2n) is 5.82. The molecule has 5 nitrogen and oxygen atoms in total. The van der Waals surface area contributed by atoms with E-state index in [0.29, 0.717) is 12.4 Å². The van der Waals surface area contributed by atoms with Crippen molar-refractivity contribution >= 4 is 5.84 Å². The molecule has 3 N–H and O–H groups in total. The van der Waals surface area contributed by atoms with E-state index < -0.39 is 0 Å². The van der Waals surface area contributed by atoms with E-state index >= 15 is 0 Å². The summed E-state index contributed by atoms with van der Waals surface area (Å²) in [6.45, 7) is 5.53. The van der Waals surface area contributed by atoms with E-state index in [0.717, 1.165) is 44.0 Å². The van der Waals surface area contributed by atoms with Crippen molar-refractivity contribution in [2.45, 2.75) is 19.8 Å². The van der Waals surface area contributed by atoms with E-state index in [2.05, 4.69) is 11.8 Å². The summed E-state index contributed by atoms with van der Waals surface area (Å²) >= 11 is 0. The normalized spacial score (nSPS) is 18.2. The molecule has 1 heterocycles. The van der Waals surface area contributed by atoms with Gasteiger partial charge in [0.05, 0.1) is 12.9 Å². The van der Waals surface area contributed by atoms with Gasteiger partial charge in [0.2, 0.25) is 0 Å². The van der Waals surface area contributed by atoms with Gasteiger partial charge >= 0.3 is 0 Å². The fraction of sp³-hybridized carbons (Fsp3) is 0.562. The molecule has 0 radical (unpaired) electrons. The summed E-state index contributed by atoms with van der Waals surface area (Å²) in [5, 5.41) is 7.67. The van der Waals surface area contributed by atoms with Gasteiger partial charge in [-0.25, -0.2) is 0 Å². The third-order valence-corrected chi connectivity index (χ3v) is 4.34. The van der Waals surface area contributed by atoms with Crippen LogP contribution in [-0.2, 0) is 0 Å². The molecule has 21 heavy (non-hydrogen) atoms. The van der Waals surface area contributed by atoms with Crippen LogP contribution in [-0.4, -0.2) is 44.1 Å². The summed E-state index contributed by atoms with van der Waals surface area (Å²) in [5.74, 6) is 1.86. The Morgan fingerprint density at radius 3 is 2.48 bits per heavy atom. The van der Waals surface area contributed by atoms with E-state index in [1.807, 2.05) is 24.3 Å². The monoisotopic (exact) mass is 291 g/mol. The zero-order valence-corrected chi connectivity index (χ0v) is 12.9. The molecule has 1 saturated heterocycles. The Morgan fingerprint density at radius 1 is 1.29 bits per heavy atom. The fourth-order valence-electron chi connectivity index (χ4n) is 2.56. The van der Waals surface area contributed by atoms with Gasteiger partial charge in [0, 0.05) is 12.0 Å². The van der Waals surface area contributed by atoms with Gasteiger partial charge in [0.1, 0.15) is 6.61 Å². The van der Waals surface area contributed by atoms with Crippen LogP contribution in [0.3, 0.4) is 0 Å². The number of amidine groups is 1. The molecule has 1 aliphatic heterocycles. The number of nitrogens with two attached hydrogens (primary N) is 1. The van der Waals surface area contributed by atoms with Crippen LogP contribution < -0.4 is 15.2 Å². The van der Waals surface area contributed by atoms with E-state index in [1.165, 1.54) is 0 Å². The van der Waals surface area contributed by atoms with Gasteiger partial charge in [-0.1, -0.05) is 19.1 Å². The van der Waals surface area contributed by atoms with Gasteiger partial charge in [0.15, 0.2) is 11.5 Å². The van der Waals surface area contributed by atoms with Gasteiger partial charge in [-0.2, -0.15) is 0 Å². The Kier molecular flexibility index (Phi) is 5.07. The number of nitrogens with zero attached hydrogens (tertiary/aromatic N) is 1. The maximum atomic E-state index is 7.67. The average molecular weight is 291 g/mol. The summed E-state index contributed by atoms with van der Waals surface area (Å²) in [7, 11) is 1.65. The molecule has 1 aromatic carbocycles. The minimum absolute atomic E-state index is 0.125. The highest BCUT2D eigenvalue weighted by Gasteiger charge is 2.32. The van der Waals surface area contributed by atoms with Gasteiger partial charge in [-0.05, 0) is 38.1 Å². The number of ether oxygens (including phenoxy) is 2. The average Bonchev–Trinajstić information content (AvgIpc) is 2.50. The fourth-order valence-corrected chi connectivity index (χ4v) is 2.56. The molecule has 0 unspecified atom stereocenters. The first kappa shape index (κ1) is 15.6. The molecular weight excluding hydrogens is 266 g/mol.